The number of ether oxygens (including phenoxy) is 1. The van der Waals surface area contributed by atoms with Crippen LogP contribution in [0.3, 0.4) is 0 Å². The molecule has 2 aromatic heterocycles. The maximum Gasteiger partial charge on any atom is 0.261 e. The zero-order valence-corrected chi connectivity index (χ0v) is 12.5. The minimum absolute atomic E-state index is 0.0326. The zero-order chi connectivity index (χ0) is 14.5. The van der Waals surface area contributed by atoms with Gasteiger partial charge in [-0.05, 0) is 23.6 Å². The summed E-state index contributed by atoms with van der Waals surface area (Å²) in [5.74, 6) is 0.846. The topological polar surface area (TPSA) is 54.7 Å². The molecule has 1 aliphatic rings. The quantitative estimate of drug-likeness (QED) is 0.919. The van der Waals surface area contributed by atoms with Crippen LogP contribution in [0.15, 0.2) is 40.3 Å². The zero-order valence-electron chi connectivity index (χ0n) is 11.7. The van der Waals surface area contributed by atoms with Crippen LogP contribution < -0.4 is 5.32 Å². The first kappa shape index (κ1) is 14.3. The standard InChI is InChI=1S/C15H18N2O3S/c18-15(14-4-2-10-21-14)16-11-12(13-3-1-7-20-13)17-5-8-19-9-6-17/h1-4,7,10,12H,5-6,8-9,11H2,(H,16,18)/t12-/m1/s1. The van der Waals surface area contributed by atoms with Crippen LogP contribution in [0.4, 0.5) is 0 Å². The van der Waals surface area contributed by atoms with Gasteiger partial charge in [0, 0.05) is 19.6 Å². The number of morpholine rings is 1. The fourth-order valence-electron chi connectivity index (χ4n) is 2.46. The Morgan fingerprint density at radius 2 is 2.19 bits per heavy atom. The maximum atomic E-state index is 12.1. The Bertz CT molecular complexity index is 548. The molecule has 0 bridgehead atoms. The number of nitrogens with zero attached hydrogens (tertiary/aromatic N) is 1. The van der Waals surface area contributed by atoms with Gasteiger partial charge in [-0.2, -0.15) is 0 Å². The van der Waals surface area contributed by atoms with Gasteiger partial charge in [0.15, 0.2) is 0 Å². The van der Waals surface area contributed by atoms with Crippen molar-refractivity contribution in [1.82, 2.24) is 10.2 Å². The number of amides is 1. The van der Waals surface area contributed by atoms with E-state index in [1.165, 1.54) is 11.3 Å². The third-order valence-electron chi connectivity index (χ3n) is 3.56. The van der Waals surface area contributed by atoms with Gasteiger partial charge in [0.25, 0.3) is 5.91 Å². The maximum absolute atomic E-state index is 12.1. The number of furan rings is 1. The molecule has 112 valence electrons. The first-order valence-corrected chi connectivity index (χ1v) is 7.89. The van der Waals surface area contributed by atoms with Gasteiger partial charge in [0.1, 0.15) is 5.76 Å². The summed E-state index contributed by atoms with van der Waals surface area (Å²) in [6.45, 7) is 3.66. The average Bonchev–Trinajstić information content (AvgIpc) is 3.22. The molecule has 0 aliphatic carbocycles. The highest BCUT2D eigenvalue weighted by molar-refractivity contribution is 7.12. The van der Waals surface area contributed by atoms with E-state index >= 15 is 0 Å². The predicted octanol–water partition coefficient (Wildman–Crippen LogP) is 2.14. The molecule has 1 amide bonds. The summed E-state index contributed by atoms with van der Waals surface area (Å²) in [6, 6.07) is 7.59. The molecular formula is C15H18N2O3S. The first-order chi connectivity index (χ1) is 10.3. The van der Waals surface area contributed by atoms with Gasteiger partial charge < -0.3 is 14.5 Å². The van der Waals surface area contributed by atoms with Crippen molar-refractivity contribution in [2.45, 2.75) is 6.04 Å². The van der Waals surface area contributed by atoms with Crippen molar-refractivity contribution in [1.29, 1.82) is 0 Å². The van der Waals surface area contributed by atoms with E-state index in [0.29, 0.717) is 6.54 Å². The van der Waals surface area contributed by atoms with Crippen LogP contribution >= 0.6 is 11.3 Å². The summed E-state index contributed by atoms with van der Waals surface area (Å²) in [5.41, 5.74) is 0. The van der Waals surface area contributed by atoms with Gasteiger partial charge in [0.05, 0.1) is 30.4 Å². The Labute approximate surface area is 127 Å². The third-order valence-corrected chi connectivity index (χ3v) is 4.43. The number of carbonyl (C=O) groups excluding carboxylic acids is 1. The van der Waals surface area contributed by atoms with Crippen LogP contribution in [0, 0.1) is 0 Å². The minimum Gasteiger partial charge on any atom is -0.468 e. The highest BCUT2D eigenvalue weighted by Crippen LogP contribution is 2.22. The number of thiophene rings is 1. The van der Waals surface area contributed by atoms with Crippen molar-refractivity contribution >= 4 is 17.2 Å². The summed E-state index contributed by atoms with van der Waals surface area (Å²) in [7, 11) is 0. The molecule has 1 N–H and O–H groups in total. The molecule has 0 radical (unpaired) electrons. The van der Waals surface area contributed by atoms with Crippen LogP contribution in [-0.4, -0.2) is 43.7 Å². The summed E-state index contributed by atoms with van der Waals surface area (Å²) in [4.78, 5) is 15.1. The molecule has 0 unspecified atom stereocenters. The number of hydrogen-bond donors (Lipinski definition) is 1. The van der Waals surface area contributed by atoms with Gasteiger partial charge in [0.2, 0.25) is 0 Å². The van der Waals surface area contributed by atoms with Crippen molar-refractivity contribution < 1.29 is 13.9 Å². The van der Waals surface area contributed by atoms with E-state index in [4.69, 9.17) is 9.15 Å². The Balaban J connectivity index is 1.66. The molecule has 0 spiro atoms. The van der Waals surface area contributed by atoms with Crippen molar-refractivity contribution in [2.24, 2.45) is 0 Å². The second-order valence-electron chi connectivity index (χ2n) is 4.87. The van der Waals surface area contributed by atoms with Gasteiger partial charge >= 0.3 is 0 Å². The molecular weight excluding hydrogens is 288 g/mol. The lowest BCUT2D eigenvalue weighted by atomic mass is 10.1. The lowest BCUT2D eigenvalue weighted by Gasteiger charge is -2.33. The van der Waals surface area contributed by atoms with Crippen molar-refractivity contribution in [3.63, 3.8) is 0 Å². The second kappa shape index (κ2) is 6.89. The largest absolute Gasteiger partial charge is 0.468 e. The minimum atomic E-state index is -0.0326. The first-order valence-electron chi connectivity index (χ1n) is 7.01. The van der Waals surface area contributed by atoms with E-state index in [1.807, 2.05) is 29.6 Å². The SMILES string of the molecule is O=C(NC[C@H](c1ccco1)N1CCOCC1)c1cccs1. The highest BCUT2D eigenvalue weighted by Gasteiger charge is 2.25. The van der Waals surface area contributed by atoms with Gasteiger partial charge in [-0.3, -0.25) is 9.69 Å². The van der Waals surface area contributed by atoms with Crippen molar-refractivity contribution in [3.05, 3.63) is 46.5 Å². The van der Waals surface area contributed by atoms with E-state index in [1.54, 1.807) is 6.26 Å². The summed E-state index contributed by atoms with van der Waals surface area (Å²) in [5, 5.41) is 4.90. The monoisotopic (exact) mass is 306 g/mol. The molecule has 0 saturated carbocycles. The second-order valence-corrected chi connectivity index (χ2v) is 5.81. The molecule has 1 atom stereocenters. The molecule has 6 heteroatoms. The Kier molecular flexibility index (Phi) is 4.69. The highest BCUT2D eigenvalue weighted by atomic mass is 32.1. The molecule has 21 heavy (non-hydrogen) atoms. The van der Waals surface area contributed by atoms with Crippen molar-refractivity contribution in [3.8, 4) is 0 Å². The lowest BCUT2D eigenvalue weighted by molar-refractivity contribution is 0.0118. The van der Waals surface area contributed by atoms with Crippen LogP contribution in [-0.2, 0) is 4.74 Å². The number of nitrogens with one attached hydrogen (secondary N) is 1. The van der Waals surface area contributed by atoms with E-state index in [0.717, 1.165) is 36.9 Å². The van der Waals surface area contributed by atoms with E-state index < -0.39 is 0 Å². The fourth-order valence-corrected chi connectivity index (χ4v) is 3.10. The molecule has 1 saturated heterocycles. The molecule has 0 aromatic carbocycles. The number of hydrogen-bond acceptors (Lipinski definition) is 5. The van der Waals surface area contributed by atoms with Crippen LogP contribution in [0.1, 0.15) is 21.5 Å². The van der Waals surface area contributed by atoms with E-state index in [-0.39, 0.29) is 11.9 Å². The third kappa shape index (κ3) is 3.53. The molecule has 5 nitrogen and oxygen atoms in total. The lowest BCUT2D eigenvalue weighted by Crippen LogP contribution is -2.43. The average molecular weight is 306 g/mol. The summed E-state index contributed by atoms with van der Waals surface area (Å²) < 4.78 is 10.9. The van der Waals surface area contributed by atoms with Gasteiger partial charge in [-0.25, -0.2) is 0 Å². The Morgan fingerprint density at radius 1 is 1.33 bits per heavy atom. The molecule has 1 fully saturated rings. The fraction of sp³-hybridized carbons (Fsp3) is 0.400. The van der Waals surface area contributed by atoms with Gasteiger partial charge in [-0.15, -0.1) is 11.3 Å². The summed E-state index contributed by atoms with van der Waals surface area (Å²) >= 11 is 1.45. The van der Waals surface area contributed by atoms with E-state index in [2.05, 4.69) is 10.2 Å². The Morgan fingerprint density at radius 3 is 2.86 bits per heavy atom. The molecule has 1 aliphatic heterocycles. The smallest absolute Gasteiger partial charge is 0.261 e. The van der Waals surface area contributed by atoms with Crippen LogP contribution in [0.2, 0.25) is 0 Å². The van der Waals surface area contributed by atoms with E-state index in [9.17, 15) is 4.79 Å². The molecule has 2 aromatic rings. The normalized spacial score (nSPS) is 17.5. The Hall–Kier alpha value is -1.63. The van der Waals surface area contributed by atoms with Gasteiger partial charge in [-0.1, -0.05) is 6.07 Å². The van der Waals surface area contributed by atoms with Crippen LogP contribution in [0.25, 0.3) is 0 Å². The summed E-state index contributed by atoms with van der Waals surface area (Å²) in [6.07, 6.45) is 1.67. The molecule has 3 heterocycles. The van der Waals surface area contributed by atoms with Crippen molar-refractivity contribution in [2.75, 3.05) is 32.8 Å². The predicted molar refractivity (Wildman–Crippen MR) is 80.5 cm³/mol. The number of carbonyl (C=O) groups is 1. The number of rotatable bonds is 5. The molecule has 3 rings (SSSR count). The van der Waals surface area contributed by atoms with Crippen LogP contribution in [0.5, 0.6) is 0 Å².